The summed E-state index contributed by atoms with van der Waals surface area (Å²) in [4.78, 5) is 36.6. The van der Waals surface area contributed by atoms with Gasteiger partial charge in [0, 0.05) is 24.0 Å². The maximum Gasteiger partial charge on any atom is 0.328 e. The zero-order chi connectivity index (χ0) is 22.1. The minimum absolute atomic E-state index is 0.151. The largest absolute Gasteiger partial charge is 0.478 e. The van der Waals surface area contributed by atoms with Gasteiger partial charge in [0.1, 0.15) is 5.56 Å². The monoisotopic (exact) mass is 410 g/mol. The maximum atomic E-state index is 13.1. The van der Waals surface area contributed by atoms with Crippen molar-refractivity contribution < 1.29 is 14.7 Å². The van der Waals surface area contributed by atoms with Gasteiger partial charge in [-0.25, -0.2) is 4.79 Å². The van der Waals surface area contributed by atoms with Crippen LogP contribution in [-0.4, -0.2) is 21.6 Å². The number of unbranched alkanes of at least 4 members (excludes halogenated alkanes) is 1. The van der Waals surface area contributed by atoms with Gasteiger partial charge < -0.3 is 15.0 Å². The van der Waals surface area contributed by atoms with E-state index in [1.54, 1.807) is 34.9 Å². The van der Waals surface area contributed by atoms with Crippen molar-refractivity contribution in [2.45, 2.75) is 59.4 Å². The summed E-state index contributed by atoms with van der Waals surface area (Å²) >= 11 is 0. The number of carbonyl (C=O) groups excluding carboxylic acids is 1. The first kappa shape index (κ1) is 23.1. The number of aromatic nitrogens is 1. The van der Waals surface area contributed by atoms with Crippen molar-refractivity contribution >= 4 is 23.6 Å². The lowest BCUT2D eigenvalue weighted by atomic mass is 10.0. The Morgan fingerprint density at radius 2 is 1.80 bits per heavy atom. The normalized spacial score (nSPS) is 11.0. The number of anilines is 1. The van der Waals surface area contributed by atoms with Crippen molar-refractivity contribution in [3.05, 3.63) is 69.1 Å². The number of amides is 1. The Morgan fingerprint density at radius 3 is 2.37 bits per heavy atom. The van der Waals surface area contributed by atoms with Crippen LogP contribution in [0.3, 0.4) is 0 Å². The Balaban J connectivity index is 2.34. The number of pyridine rings is 1. The summed E-state index contributed by atoms with van der Waals surface area (Å²) < 4.78 is 1.78. The van der Waals surface area contributed by atoms with E-state index in [-0.39, 0.29) is 11.1 Å². The fourth-order valence-electron chi connectivity index (χ4n) is 3.36. The summed E-state index contributed by atoms with van der Waals surface area (Å²) in [6, 6.07) is 8.50. The van der Waals surface area contributed by atoms with Crippen LogP contribution in [-0.2, 0) is 24.2 Å². The second-order valence-corrected chi connectivity index (χ2v) is 7.19. The summed E-state index contributed by atoms with van der Waals surface area (Å²) in [7, 11) is 0. The number of carbonyl (C=O) groups is 2. The van der Waals surface area contributed by atoms with E-state index >= 15 is 0 Å². The van der Waals surface area contributed by atoms with Crippen molar-refractivity contribution in [1.82, 2.24) is 4.57 Å². The molecule has 0 saturated heterocycles. The summed E-state index contributed by atoms with van der Waals surface area (Å²) in [5.41, 5.74) is 3.22. The number of nitrogens with one attached hydrogen (secondary N) is 1. The molecule has 0 bridgehead atoms. The molecule has 1 aromatic heterocycles. The number of hydrogen-bond acceptors (Lipinski definition) is 3. The Hall–Kier alpha value is -3.15. The molecule has 1 aromatic carbocycles. The van der Waals surface area contributed by atoms with E-state index in [9.17, 15) is 14.4 Å². The number of nitrogens with zero attached hydrogens (tertiary/aromatic N) is 1. The van der Waals surface area contributed by atoms with E-state index in [4.69, 9.17) is 5.11 Å². The van der Waals surface area contributed by atoms with Gasteiger partial charge in [0.2, 0.25) is 0 Å². The quantitative estimate of drug-likeness (QED) is 0.564. The van der Waals surface area contributed by atoms with E-state index in [0.29, 0.717) is 17.8 Å². The highest BCUT2D eigenvalue weighted by Gasteiger charge is 2.18. The molecule has 160 valence electrons. The average Bonchev–Trinajstić information content (AvgIpc) is 2.73. The Bertz CT molecular complexity index is 972. The third-order valence-electron chi connectivity index (χ3n) is 4.93. The molecule has 6 nitrogen and oxygen atoms in total. The molecule has 0 spiro atoms. The molecule has 2 aromatic rings. The van der Waals surface area contributed by atoms with Crippen LogP contribution in [0.5, 0.6) is 0 Å². The molecule has 2 N–H and O–H groups in total. The summed E-state index contributed by atoms with van der Waals surface area (Å²) in [5, 5.41) is 11.5. The van der Waals surface area contributed by atoms with E-state index in [1.165, 1.54) is 6.08 Å². The van der Waals surface area contributed by atoms with Crippen molar-refractivity contribution in [2.75, 3.05) is 5.32 Å². The van der Waals surface area contributed by atoms with Crippen LogP contribution in [0, 0.1) is 0 Å². The second-order valence-electron chi connectivity index (χ2n) is 7.19. The van der Waals surface area contributed by atoms with Crippen LogP contribution < -0.4 is 10.9 Å². The van der Waals surface area contributed by atoms with Gasteiger partial charge in [-0.3, -0.25) is 9.59 Å². The van der Waals surface area contributed by atoms with Gasteiger partial charge in [-0.15, -0.1) is 0 Å². The first-order chi connectivity index (χ1) is 14.4. The molecule has 0 unspecified atom stereocenters. The van der Waals surface area contributed by atoms with E-state index < -0.39 is 11.9 Å². The summed E-state index contributed by atoms with van der Waals surface area (Å²) in [5.74, 6) is -1.46. The van der Waals surface area contributed by atoms with Gasteiger partial charge in [-0.1, -0.05) is 45.7 Å². The lowest BCUT2D eigenvalue weighted by Crippen LogP contribution is -2.32. The number of carboxylic acid groups (broad SMARTS) is 1. The number of hydrogen-bond donors (Lipinski definition) is 2. The van der Waals surface area contributed by atoms with Crippen LogP contribution >= 0.6 is 0 Å². The molecular formula is C24H30N2O4. The topological polar surface area (TPSA) is 88.4 Å². The smallest absolute Gasteiger partial charge is 0.328 e. The first-order valence-electron chi connectivity index (χ1n) is 10.5. The molecule has 2 rings (SSSR count). The lowest BCUT2D eigenvalue weighted by molar-refractivity contribution is -0.131. The fraction of sp³-hybridized carbons (Fsp3) is 0.375. The molecule has 30 heavy (non-hydrogen) atoms. The third-order valence-corrected chi connectivity index (χ3v) is 4.93. The number of rotatable bonds is 10. The fourth-order valence-corrected chi connectivity index (χ4v) is 3.36. The molecule has 1 heterocycles. The van der Waals surface area contributed by atoms with Crippen LogP contribution in [0.1, 0.15) is 67.2 Å². The van der Waals surface area contributed by atoms with Gasteiger partial charge in [-0.2, -0.15) is 0 Å². The zero-order valence-electron chi connectivity index (χ0n) is 17.9. The highest BCUT2D eigenvalue weighted by molar-refractivity contribution is 6.04. The van der Waals surface area contributed by atoms with Crippen LogP contribution in [0.15, 0.2) is 41.2 Å². The van der Waals surface area contributed by atoms with Crippen molar-refractivity contribution in [3.8, 4) is 0 Å². The molecule has 6 heteroatoms. The predicted octanol–water partition coefficient (Wildman–Crippen LogP) is 4.51. The SMILES string of the molecule is CCCCn1c(CCC)c(CC)cc(C(=O)Nc2ccc(/C=C/C(=O)O)cc2)c1=O. The van der Waals surface area contributed by atoms with E-state index in [0.717, 1.165) is 49.4 Å². The number of carboxylic acids is 1. The first-order valence-corrected chi connectivity index (χ1v) is 10.5. The third kappa shape index (κ3) is 5.92. The molecule has 0 saturated carbocycles. The minimum Gasteiger partial charge on any atom is -0.478 e. The van der Waals surface area contributed by atoms with Gasteiger partial charge in [0.05, 0.1) is 0 Å². The van der Waals surface area contributed by atoms with Gasteiger partial charge >= 0.3 is 5.97 Å². The Kier molecular flexibility index (Phi) is 8.59. The summed E-state index contributed by atoms with van der Waals surface area (Å²) in [6.07, 6.45) is 6.89. The molecular weight excluding hydrogens is 380 g/mol. The molecule has 0 fully saturated rings. The molecule has 0 aliphatic rings. The van der Waals surface area contributed by atoms with Crippen LogP contribution in [0.25, 0.3) is 6.08 Å². The lowest BCUT2D eigenvalue weighted by Gasteiger charge is -2.18. The highest BCUT2D eigenvalue weighted by Crippen LogP contribution is 2.16. The van der Waals surface area contributed by atoms with E-state index in [1.807, 2.05) is 6.92 Å². The Morgan fingerprint density at radius 1 is 1.10 bits per heavy atom. The van der Waals surface area contributed by atoms with Gasteiger partial charge in [0.15, 0.2) is 0 Å². The number of aliphatic carboxylic acids is 1. The van der Waals surface area contributed by atoms with Crippen molar-refractivity contribution in [3.63, 3.8) is 0 Å². The van der Waals surface area contributed by atoms with Crippen LogP contribution in [0.4, 0.5) is 5.69 Å². The predicted molar refractivity (Wildman–Crippen MR) is 120 cm³/mol. The van der Waals surface area contributed by atoms with Gasteiger partial charge in [-0.05, 0) is 54.7 Å². The zero-order valence-corrected chi connectivity index (χ0v) is 17.9. The minimum atomic E-state index is -1.02. The Labute approximate surface area is 177 Å². The molecule has 0 atom stereocenters. The number of aryl methyl sites for hydroxylation is 1. The van der Waals surface area contributed by atoms with Crippen molar-refractivity contribution in [1.29, 1.82) is 0 Å². The number of benzene rings is 1. The van der Waals surface area contributed by atoms with Gasteiger partial charge in [0.25, 0.3) is 11.5 Å². The maximum absolute atomic E-state index is 13.1. The standard InChI is InChI=1S/C24H30N2O4/c1-4-7-15-26-21(8-5-2)18(6-3)16-20(24(26)30)23(29)25-19-12-9-17(10-13-19)11-14-22(27)28/h9-14,16H,4-8,15H2,1-3H3,(H,25,29)(H,27,28)/b14-11+. The van der Waals surface area contributed by atoms with Crippen LogP contribution in [0.2, 0.25) is 0 Å². The average molecular weight is 411 g/mol. The summed E-state index contributed by atoms with van der Waals surface area (Å²) in [6.45, 7) is 6.82. The highest BCUT2D eigenvalue weighted by atomic mass is 16.4. The van der Waals surface area contributed by atoms with Crippen molar-refractivity contribution in [2.24, 2.45) is 0 Å². The molecule has 0 aliphatic heterocycles. The molecule has 0 radical (unpaired) electrons. The second kappa shape index (κ2) is 11.1. The van der Waals surface area contributed by atoms with E-state index in [2.05, 4.69) is 19.2 Å². The molecule has 0 aliphatic carbocycles. The molecule has 1 amide bonds.